The summed E-state index contributed by atoms with van der Waals surface area (Å²) in [6, 6.07) is 2.30. The van der Waals surface area contributed by atoms with E-state index in [2.05, 4.69) is 5.10 Å². The molecular formula is C20H9Cl2F7N4O3. The van der Waals surface area contributed by atoms with Gasteiger partial charge in [-0.25, -0.2) is 9.18 Å². The van der Waals surface area contributed by atoms with Crippen molar-refractivity contribution in [3.8, 4) is 5.69 Å². The Kier molecular flexibility index (Phi) is 7.32. The molecule has 0 fully saturated rings. The number of imide groups is 1. The van der Waals surface area contributed by atoms with Crippen LogP contribution in [-0.2, 0) is 12.4 Å². The van der Waals surface area contributed by atoms with E-state index in [1.165, 1.54) is 12.1 Å². The quantitative estimate of drug-likeness (QED) is 0.406. The van der Waals surface area contributed by atoms with Crippen LogP contribution in [0, 0.1) is 5.82 Å². The number of urea groups is 1. The van der Waals surface area contributed by atoms with Gasteiger partial charge >= 0.3 is 18.4 Å². The highest BCUT2D eigenvalue weighted by Crippen LogP contribution is 2.37. The van der Waals surface area contributed by atoms with Gasteiger partial charge in [-0.2, -0.15) is 36.1 Å². The summed E-state index contributed by atoms with van der Waals surface area (Å²) < 4.78 is 92.6. The van der Waals surface area contributed by atoms with E-state index in [0.29, 0.717) is 6.20 Å². The highest BCUT2D eigenvalue weighted by atomic mass is 35.5. The molecule has 0 saturated heterocycles. The first-order chi connectivity index (χ1) is 16.6. The summed E-state index contributed by atoms with van der Waals surface area (Å²) in [5.41, 5.74) is -6.95. The van der Waals surface area contributed by atoms with Gasteiger partial charge in [0.25, 0.3) is 11.5 Å². The lowest BCUT2D eigenvalue weighted by Gasteiger charge is -2.15. The molecule has 0 aliphatic rings. The number of hydrogen-bond acceptors (Lipinski definition) is 4. The fourth-order valence-electron chi connectivity index (χ4n) is 2.80. The van der Waals surface area contributed by atoms with Crippen LogP contribution in [0.15, 0.2) is 47.4 Å². The van der Waals surface area contributed by atoms with Crippen molar-refractivity contribution in [2.45, 2.75) is 12.4 Å². The minimum Gasteiger partial charge on any atom is -0.305 e. The average Bonchev–Trinajstić information content (AvgIpc) is 2.75. The molecule has 3 aromatic rings. The number of anilines is 1. The number of halogens is 9. The summed E-state index contributed by atoms with van der Waals surface area (Å²) >= 11 is 11.5. The molecule has 190 valence electrons. The Morgan fingerprint density at radius 2 is 1.53 bits per heavy atom. The SMILES string of the molecule is O=C(NC(=O)c1c(F)cccc1Cl)Nc1cnn(-c2cc(C(F)(F)F)cc(C(F)(F)F)c2)c(=O)c1Cl. The van der Waals surface area contributed by atoms with Crippen molar-refractivity contribution >= 4 is 40.8 Å². The van der Waals surface area contributed by atoms with Gasteiger partial charge in [-0.15, -0.1) is 0 Å². The van der Waals surface area contributed by atoms with Crippen LogP contribution in [0.4, 0.5) is 41.2 Å². The lowest BCUT2D eigenvalue weighted by Crippen LogP contribution is -2.35. The zero-order valence-electron chi connectivity index (χ0n) is 17.1. The van der Waals surface area contributed by atoms with Gasteiger partial charge < -0.3 is 5.32 Å². The number of hydrogen-bond donors (Lipinski definition) is 2. The summed E-state index contributed by atoms with van der Waals surface area (Å²) in [4.78, 5) is 36.7. The van der Waals surface area contributed by atoms with E-state index in [1.807, 2.05) is 5.32 Å². The van der Waals surface area contributed by atoms with Gasteiger partial charge in [0.05, 0.1) is 39.3 Å². The fraction of sp³-hybridized carbons (Fsp3) is 0.100. The van der Waals surface area contributed by atoms with E-state index in [4.69, 9.17) is 23.2 Å². The first-order valence-corrected chi connectivity index (χ1v) is 9.99. The van der Waals surface area contributed by atoms with Gasteiger partial charge in [-0.05, 0) is 30.3 Å². The maximum atomic E-state index is 13.8. The van der Waals surface area contributed by atoms with Crippen LogP contribution in [-0.4, -0.2) is 21.7 Å². The average molecular weight is 557 g/mol. The fourth-order valence-corrected chi connectivity index (χ4v) is 3.22. The number of nitrogens with one attached hydrogen (secondary N) is 2. The van der Waals surface area contributed by atoms with Gasteiger partial charge in [0, 0.05) is 0 Å². The normalized spacial score (nSPS) is 11.8. The van der Waals surface area contributed by atoms with Crippen molar-refractivity contribution in [3.05, 3.63) is 85.5 Å². The predicted octanol–water partition coefficient (Wildman–Crippen LogP) is 5.68. The molecule has 0 spiro atoms. The highest BCUT2D eigenvalue weighted by Gasteiger charge is 2.37. The second-order valence-electron chi connectivity index (χ2n) is 6.86. The molecule has 0 aliphatic carbocycles. The molecule has 2 aromatic carbocycles. The smallest absolute Gasteiger partial charge is 0.305 e. The Hall–Kier alpha value is -3.65. The molecule has 0 unspecified atom stereocenters. The molecule has 0 bridgehead atoms. The number of rotatable bonds is 3. The molecule has 0 aliphatic heterocycles. The Bertz CT molecular complexity index is 1370. The molecule has 3 amide bonds. The number of nitrogens with zero attached hydrogens (tertiary/aromatic N) is 2. The molecule has 7 nitrogen and oxygen atoms in total. The molecule has 2 N–H and O–H groups in total. The van der Waals surface area contributed by atoms with Crippen LogP contribution in [0.25, 0.3) is 5.69 Å². The van der Waals surface area contributed by atoms with Crippen LogP contribution in [0.2, 0.25) is 10.0 Å². The Morgan fingerprint density at radius 1 is 0.944 bits per heavy atom. The maximum absolute atomic E-state index is 13.8. The zero-order valence-corrected chi connectivity index (χ0v) is 18.6. The van der Waals surface area contributed by atoms with Crippen molar-refractivity contribution in [2.24, 2.45) is 0 Å². The number of carbonyl (C=O) groups excluding carboxylic acids is 2. The van der Waals surface area contributed by atoms with E-state index in [-0.39, 0.29) is 27.9 Å². The van der Waals surface area contributed by atoms with Crippen LogP contribution in [0.1, 0.15) is 21.5 Å². The molecular weight excluding hydrogens is 548 g/mol. The predicted molar refractivity (Wildman–Crippen MR) is 113 cm³/mol. The Labute approximate surface area is 205 Å². The summed E-state index contributed by atoms with van der Waals surface area (Å²) in [5, 5.41) is 5.91. The summed E-state index contributed by atoms with van der Waals surface area (Å²) in [6.45, 7) is 0. The number of benzene rings is 2. The first-order valence-electron chi connectivity index (χ1n) is 9.23. The summed E-state index contributed by atoms with van der Waals surface area (Å²) in [5.74, 6) is -2.31. The lowest BCUT2D eigenvalue weighted by atomic mass is 10.1. The highest BCUT2D eigenvalue weighted by molar-refractivity contribution is 6.34. The van der Waals surface area contributed by atoms with Crippen LogP contribution in [0.5, 0.6) is 0 Å². The van der Waals surface area contributed by atoms with Gasteiger partial charge in [0.1, 0.15) is 10.8 Å². The molecule has 36 heavy (non-hydrogen) atoms. The lowest BCUT2D eigenvalue weighted by molar-refractivity contribution is -0.143. The monoisotopic (exact) mass is 556 g/mol. The van der Waals surface area contributed by atoms with Gasteiger partial charge in [-0.3, -0.25) is 14.9 Å². The second kappa shape index (κ2) is 9.78. The molecule has 1 heterocycles. The molecule has 16 heteroatoms. The molecule has 0 saturated carbocycles. The topological polar surface area (TPSA) is 93.1 Å². The summed E-state index contributed by atoms with van der Waals surface area (Å²) in [6.07, 6.45) is -9.73. The standard InChI is InChI=1S/C20H9Cl2F7N4O3/c21-11-2-1-3-12(23)14(11)16(34)32-18(36)31-13-7-30-33(17(35)15(13)22)10-5-8(19(24,25)26)4-9(6-10)20(27,28)29/h1-7H,(H2,31,32,34,36). The van der Waals surface area contributed by atoms with E-state index >= 15 is 0 Å². The van der Waals surface area contributed by atoms with Crippen LogP contribution < -0.4 is 16.2 Å². The molecule has 0 radical (unpaired) electrons. The van der Waals surface area contributed by atoms with Crippen molar-refractivity contribution < 1.29 is 40.3 Å². The van der Waals surface area contributed by atoms with Crippen molar-refractivity contribution in [2.75, 3.05) is 5.32 Å². The molecule has 1 aromatic heterocycles. The zero-order chi connectivity index (χ0) is 27.0. The third-order valence-electron chi connectivity index (χ3n) is 4.40. The number of carbonyl (C=O) groups is 2. The number of aromatic nitrogens is 2. The second-order valence-corrected chi connectivity index (χ2v) is 7.64. The third kappa shape index (κ3) is 5.76. The summed E-state index contributed by atoms with van der Waals surface area (Å²) in [7, 11) is 0. The minimum atomic E-state index is -5.18. The van der Waals surface area contributed by atoms with Crippen molar-refractivity contribution in [3.63, 3.8) is 0 Å². The van der Waals surface area contributed by atoms with Crippen molar-refractivity contribution in [1.82, 2.24) is 15.1 Å². The Balaban J connectivity index is 1.92. The first kappa shape index (κ1) is 26.9. The molecule has 0 atom stereocenters. The minimum absolute atomic E-state index is 0.144. The largest absolute Gasteiger partial charge is 0.416 e. The van der Waals surface area contributed by atoms with E-state index in [9.17, 15) is 45.1 Å². The van der Waals surface area contributed by atoms with Gasteiger partial charge in [0.2, 0.25) is 0 Å². The Morgan fingerprint density at radius 3 is 2.06 bits per heavy atom. The van der Waals surface area contributed by atoms with Crippen LogP contribution >= 0.6 is 23.2 Å². The van der Waals surface area contributed by atoms with Gasteiger partial charge in [0.15, 0.2) is 0 Å². The van der Waals surface area contributed by atoms with E-state index in [1.54, 1.807) is 5.32 Å². The van der Waals surface area contributed by atoms with Gasteiger partial charge in [-0.1, -0.05) is 29.3 Å². The molecule has 3 rings (SSSR count). The number of amides is 3. The third-order valence-corrected chi connectivity index (χ3v) is 5.08. The van der Waals surface area contributed by atoms with Crippen molar-refractivity contribution in [1.29, 1.82) is 0 Å². The number of alkyl halides is 6. The van der Waals surface area contributed by atoms with E-state index < -0.39 is 68.8 Å². The van der Waals surface area contributed by atoms with Crippen LogP contribution in [0.3, 0.4) is 0 Å². The maximum Gasteiger partial charge on any atom is 0.416 e. The van der Waals surface area contributed by atoms with E-state index in [0.717, 1.165) is 6.07 Å².